The minimum absolute atomic E-state index is 0.226. The molecule has 3 heteroatoms. The Morgan fingerprint density at radius 1 is 1.45 bits per heavy atom. The first kappa shape index (κ1) is 8.53. The molecule has 0 unspecified atom stereocenters. The molecule has 0 atom stereocenters. The van der Waals surface area contributed by atoms with E-state index in [2.05, 4.69) is 17.3 Å². The van der Waals surface area contributed by atoms with Crippen molar-refractivity contribution < 1.29 is 0 Å². The molecule has 0 radical (unpaired) electrons. The first-order valence-corrected chi connectivity index (χ1v) is 4.17. The Hall–Kier alpha value is -0.570. The van der Waals surface area contributed by atoms with Gasteiger partial charge in [-0.05, 0) is 12.8 Å². The van der Waals surface area contributed by atoms with Crippen LogP contribution in [0, 0.1) is 5.41 Å². The maximum Gasteiger partial charge on any atom is 0.116 e. The van der Waals surface area contributed by atoms with Crippen molar-refractivity contribution in [1.82, 2.24) is 5.43 Å². The molecule has 0 aliphatic heterocycles. The lowest BCUT2D eigenvalue weighted by Gasteiger charge is -2.24. The van der Waals surface area contributed by atoms with Crippen LogP contribution in [0.5, 0.6) is 0 Å². The molecule has 11 heavy (non-hydrogen) atoms. The summed E-state index contributed by atoms with van der Waals surface area (Å²) in [6.07, 6.45) is 5.03. The van der Waals surface area contributed by atoms with E-state index in [0.717, 1.165) is 5.84 Å². The summed E-state index contributed by atoms with van der Waals surface area (Å²) in [6.45, 7) is 2.22. The molecule has 0 amide bonds. The fraction of sp³-hybridized carbons (Fsp3) is 0.875. The highest BCUT2D eigenvalue weighted by molar-refractivity contribution is 5.87. The number of amidine groups is 1. The minimum Gasteiger partial charge on any atom is -0.312 e. The van der Waals surface area contributed by atoms with E-state index < -0.39 is 0 Å². The van der Waals surface area contributed by atoms with Crippen LogP contribution in [0.2, 0.25) is 0 Å². The largest absolute Gasteiger partial charge is 0.312 e. The standard InChI is InChI=1S/C8H17N3/c1-8(5-3-4-6-8)7(10-2)11-9/h3-6,9H2,1-2H3,(H,10,11). The van der Waals surface area contributed by atoms with Crippen molar-refractivity contribution >= 4 is 5.84 Å². The van der Waals surface area contributed by atoms with Crippen LogP contribution in [0.1, 0.15) is 32.6 Å². The molecule has 0 aromatic carbocycles. The summed E-state index contributed by atoms with van der Waals surface area (Å²) in [7, 11) is 1.79. The highest BCUT2D eigenvalue weighted by atomic mass is 15.3. The van der Waals surface area contributed by atoms with Gasteiger partial charge in [-0.3, -0.25) is 4.99 Å². The van der Waals surface area contributed by atoms with Gasteiger partial charge in [0, 0.05) is 12.5 Å². The second kappa shape index (κ2) is 3.22. The molecule has 64 valence electrons. The number of hydrogen-bond acceptors (Lipinski definition) is 2. The van der Waals surface area contributed by atoms with Gasteiger partial charge >= 0.3 is 0 Å². The number of hydrazine groups is 1. The molecule has 1 rings (SSSR count). The van der Waals surface area contributed by atoms with Crippen LogP contribution in [0.15, 0.2) is 4.99 Å². The molecule has 1 saturated carbocycles. The van der Waals surface area contributed by atoms with Gasteiger partial charge in [-0.1, -0.05) is 19.8 Å². The van der Waals surface area contributed by atoms with Gasteiger partial charge in [-0.25, -0.2) is 5.84 Å². The van der Waals surface area contributed by atoms with Gasteiger partial charge in [-0.2, -0.15) is 0 Å². The first-order valence-electron chi connectivity index (χ1n) is 4.17. The van der Waals surface area contributed by atoms with Gasteiger partial charge < -0.3 is 5.43 Å². The minimum atomic E-state index is 0.226. The average Bonchev–Trinajstić information content (AvgIpc) is 2.39. The molecule has 0 heterocycles. The van der Waals surface area contributed by atoms with Gasteiger partial charge in [0.25, 0.3) is 0 Å². The SMILES string of the molecule is CN=C(NN)C1(C)CCCC1. The van der Waals surface area contributed by atoms with Crippen LogP contribution in [0.25, 0.3) is 0 Å². The summed E-state index contributed by atoms with van der Waals surface area (Å²) in [5, 5.41) is 0. The van der Waals surface area contributed by atoms with Gasteiger partial charge in [0.2, 0.25) is 0 Å². The van der Waals surface area contributed by atoms with Crippen molar-refractivity contribution in [2.45, 2.75) is 32.6 Å². The Morgan fingerprint density at radius 2 is 2.00 bits per heavy atom. The monoisotopic (exact) mass is 155 g/mol. The highest BCUT2D eigenvalue weighted by Gasteiger charge is 2.33. The third-order valence-electron chi connectivity index (χ3n) is 2.64. The predicted octanol–water partition coefficient (Wildman–Crippen LogP) is 1.06. The van der Waals surface area contributed by atoms with E-state index in [0.29, 0.717) is 0 Å². The van der Waals surface area contributed by atoms with Crippen molar-refractivity contribution in [3.05, 3.63) is 0 Å². The normalized spacial score (nSPS) is 23.7. The maximum absolute atomic E-state index is 5.37. The quantitative estimate of drug-likeness (QED) is 0.257. The molecule has 0 spiro atoms. The predicted molar refractivity (Wildman–Crippen MR) is 47.3 cm³/mol. The lowest BCUT2D eigenvalue weighted by atomic mass is 9.87. The van der Waals surface area contributed by atoms with Gasteiger partial charge in [0.05, 0.1) is 0 Å². The summed E-state index contributed by atoms with van der Waals surface area (Å²) < 4.78 is 0. The van der Waals surface area contributed by atoms with Crippen molar-refractivity contribution in [3.63, 3.8) is 0 Å². The first-order chi connectivity index (χ1) is 5.23. The Balaban J connectivity index is 2.69. The maximum atomic E-state index is 5.37. The van der Waals surface area contributed by atoms with Gasteiger partial charge in [0.1, 0.15) is 5.84 Å². The molecule has 1 aliphatic rings. The number of aliphatic imine (C=N–C) groups is 1. The molecular weight excluding hydrogens is 138 g/mol. The van der Waals surface area contributed by atoms with E-state index in [9.17, 15) is 0 Å². The zero-order chi connectivity index (χ0) is 8.32. The second-order valence-electron chi connectivity index (χ2n) is 3.48. The Kier molecular flexibility index (Phi) is 2.49. The number of nitrogens with two attached hydrogens (primary N) is 1. The van der Waals surface area contributed by atoms with Crippen LogP contribution < -0.4 is 11.3 Å². The van der Waals surface area contributed by atoms with E-state index in [1.54, 1.807) is 7.05 Å². The lowest BCUT2D eigenvalue weighted by molar-refractivity contribution is 0.470. The van der Waals surface area contributed by atoms with Gasteiger partial charge in [0.15, 0.2) is 0 Å². The van der Waals surface area contributed by atoms with Crippen LogP contribution in [0.3, 0.4) is 0 Å². The van der Waals surface area contributed by atoms with Crippen LogP contribution in [-0.4, -0.2) is 12.9 Å². The molecule has 1 aliphatic carbocycles. The van der Waals surface area contributed by atoms with E-state index in [1.807, 2.05) is 0 Å². The summed E-state index contributed by atoms with van der Waals surface area (Å²) >= 11 is 0. The van der Waals surface area contributed by atoms with Crippen molar-refractivity contribution in [3.8, 4) is 0 Å². The fourth-order valence-corrected chi connectivity index (χ4v) is 1.90. The second-order valence-corrected chi connectivity index (χ2v) is 3.48. The summed E-state index contributed by atoms with van der Waals surface area (Å²) in [5.41, 5.74) is 2.91. The van der Waals surface area contributed by atoms with Crippen LogP contribution in [0.4, 0.5) is 0 Å². The Labute approximate surface area is 68.0 Å². The van der Waals surface area contributed by atoms with E-state index in [-0.39, 0.29) is 5.41 Å². The topological polar surface area (TPSA) is 50.4 Å². The fourth-order valence-electron chi connectivity index (χ4n) is 1.90. The Bertz CT molecular complexity index is 157. The zero-order valence-corrected chi connectivity index (χ0v) is 7.35. The molecular formula is C8H17N3. The van der Waals surface area contributed by atoms with Gasteiger partial charge in [-0.15, -0.1) is 0 Å². The smallest absolute Gasteiger partial charge is 0.116 e. The molecule has 0 bridgehead atoms. The van der Waals surface area contributed by atoms with Crippen molar-refractivity contribution in [2.75, 3.05) is 7.05 Å². The summed E-state index contributed by atoms with van der Waals surface area (Å²) in [6, 6.07) is 0. The molecule has 3 nitrogen and oxygen atoms in total. The molecule has 3 N–H and O–H groups in total. The highest BCUT2D eigenvalue weighted by Crippen LogP contribution is 2.37. The summed E-state index contributed by atoms with van der Waals surface area (Å²) in [4.78, 5) is 4.14. The number of nitrogens with zero attached hydrogens (tertiary/aromatic N) is 1. The summed E-state index contributed by atoms with van der Waals surface area (Å²) in [5.74, 6) is 6.32. The molecule has 0 aromatic heterocycles. The number of nitrogens with one attached hydrogen (secondary N) is 1. The van der Waals surface area contributed by atoms with Crippen molar-refractivity contribution in [2.24, 2.45) is 16.3 Å². The van der Waals surface area contributed by atoms with Crippen LogP contribution in [-0.2, 0) is 0 Å². The number of hydrogen-bond donors (Lipinski definition) is 2. The molecule has 0 aromatic rings. The van der Waals surface area contributed by atoms with E-state index in [4.69, 9.17) is 5.84 Å². The third kappa shape index (κ3) is 1.53. The third-order valence-corrected chi connectivity index (χ3v) is 2.64. The van der Waals surface area contributed by atoms with E-state index in [1.165, 1.54) is 25.7 Å². The Morgan fingerprint density at radius 3 is 2.36 bits per heavy atom. The van der Waals surface area contributed by atoms with Crippen molar-refractivity contribution in [1.29, 1.82) is 0 Å². The number of rotatable bonds is 1. The lowest BCUT2D eigenvalue weighted by Crippen LogP contribution is -2.41. The van der Waals surface area contributed by atoms with E-state index >= 15 is 0 Å². The molecule has 1 fully saturated rings. The average molecular weight is 155 g/mol. The van der Waals surface area contributed by atoms with Crippen LogP contribution >= 0.6 is 0 Å². The molecule has 0 saturated heterocycles. The zero-order valence-electron chi connectivity index (χ0n) is 7.35.